The fourth-order valence-electron chi connectivity index (χ4n) is 4.81. The number of nitrogens with one attached hydrogen (secondary N) is 1. The number of carbonyl (C=O) groups excluding carboxylic acids is 2. The zero-order valence-corrected chi connectivity index (χ0v) is 24.4. The number of nitrogens with zero attached hydrogens (tertiary/aromatic N) is 2. The largest absolute Gasteiger partial charge is 0.352 e. The first-order valence-electron chi connectivity index (χ1n) is 12.9. The van der Waals surface area contributed by atoms with Gasteiger partial charge in [-0.25, -0.2) is 8.42 Å². The van der Waals surface area contributed by atoms with E-state index in [0.29, 0.717) is 18.7 Å². The Bertz CT molecular complexity index is 1180. The molecule has 1 fully saturated rings. The molecular weight excluding hydrogens is 554 g/mol. The first kappa shape index (κ1) is 29.2. The third-order valence-electron chi connectivity index (χ3n) is 6.90. The van der Waals surface area contributed by atoms with E-state index in [1.165, 1.54) is 17.0 Å². The van der Waals surface area contributed by atoms with E-state index >= 15 is 0 Å². The van der Waals surface area contributed by atoms with Crippen LogP contribution in [0.1, 0.15) is 63.0 Å². The minimum absolute atomic E-state index is 0.132. The van der Waals surface area contributed by atoms with Gasteiger partial charge in [-0.1, -0.05) is 65.5 Å². The summed E-state index contributed by atoms with van der Waals surface area (Å²) in [5.41, 5.74) is 2.38. The van der Waals surface area contributed by atoms with E-state index in [-0.39, 0.29) is 30.8 Å². The van der Waals surface area contributed by atoms with Crippen LogP contribution in [0.5, 0.6) is 0 Å². The van der Waals surface area contributed by atoms with Crippen LogP contribution in [0.25, 0.3) is 0 Å². The van der Waals surface area contributed by atoms with Crippen LogP contribution in [0, 0.1) is 6.92 Å². The van der Waals surface area contributed by atoms with Gasteiger partial charge in [-0.05, 0) is 62.4 Å². The highest BCUT2D eigenvalue weighted by molar-refractivity contribution is 9.10. The van der Waals surface area contributed by atoms with E-state index < -0.39 is 16.1 Å². The number of amides is 2. The molecule has 1 N–H and O–H groups in total. The summed E-state index contributed by atoms with van der Waals surface area (Å²) >= 11 is 3.48. The third-order valence-corrected chi connectivity index (χ3v) is 8.57. The number of halogens is 1. The first-order chi connectivity index (χ1) is 17.6. The second kappa shape index (κ2) is 13.4. The highest BCUT2D eigenvalue weighted by Gasteiger charge is 2.28. The topological polar surface area (TPSA) is 86.8 Å². The zero-order valence-electron chi connectivity index (χ0n) is 22.0. The average Bonchev–Trinajstić information content (AvgIpc) is 2.85. The number of benzene rings is 2. The standard InChI is InChI=1S/C28H38BrN3O4S/c1-21-11-7-8-16-26(21)32(37(3,35)36)18-10-17-27(33)31(20-23-12-9-13-24(29)19-23)22(2)28(34)30-25-14-5-4-6-15-25/h7-9,11-13,16,19,22,25H,4-6,10,14-15,17-18,20H2,1-3H3,(H,30,34)/t22-/m1/s1. The molecule has 37 heavy (non-hydrogen) atoms. The van der Waals surface area contributed by atoms with Crippen LogP contribution in [0.2, 0.25) is 0 Å². The maximum atomic E-state index is 13.5. The van der Waals surface area contributed by atoms with Crippen molar-refractivity contribution in [3.63, 3.8) is 0 Å². The molecular formula is C28H38BrN3O4S. The summed E-state index contributed by atoms with van der Waals surface area (Å²) in [5.74, 6) is -0.322. The molecule has 3 rings (SSSR count). The minimum Gasteiger partial charge on any atom is -0.352 e. The quantitative estimate of drug-likeness (QED) is 0.390. The van der Waals surface area contributed by atoms with E-state index in [2.05, 4.69) is 21.2 Å². The molecule has 0 saturated heterocycles. The van der Waals surface area contributed by atoms with Crippen LogP contribution in [-0.4, -0.2) is 50.0 Å². The van der Waals surface area contributed by atoms with Crippen molar-refractivity contribution in [2.75, 3.05) is 17.1 Å². The van der Waals surface area contributed by atoms with Gasteiger partial charge in [-0.3, -0.25) is 13.9 Å². The smallest absolute Gasteiger partial charge is 0.242 e. The molecule has 202 valence electrons. The summed E-state index contributed by atoms with van der Waals surface area (Å²) < 4.78 is 27.3. The Morgan fingerprint density at radius 3 is 2.43 bits per heavy atom. The predicted octanol–water partition coefficient (Wildman–Crippen LogP) is 5.17. The molecule has 0 spiro atoms. The van der Waals surface area contributed by atoms with E-state index in [9.17, 15) is 18.0 Å². The number of hydrogen-bond donors (Lipinski definition) is 1. The predicted molar refractivity (Wildman–Crippen MR) is 152 cm³/mol. The number of rotatable bonds is 11. The summed E-state index contributed by atoms with van der Waals surface area (Å²) in [7, 11) is -3.52. The van der Waals surface area contributed by atoms with Gasteiger partial charge in [0.25, 0.3) is 0 Å². The van der Waals surface area contributed by atoms with Crippen molar-refractivity contribution in [1.29, 1.82) is 0 Å². The lowest BCUT2D eigenvalue weighted by molar-refractivity contribution is -0.141. The van der Waals surface area contributed by atoms with Gasteiger partial charge < -0.3 is 10.2 Å². The minimum atomic E-state index is -3.52. The molecule has 1 aliphatic rings. The number of carbonyl (C=O) groups is 2. The maximum Gasteiger partial charge on any atom is 0.242 e. The molecule has 0 heterocycles. The molecule has 0 unspecified atom stereocenters. The van der Waals surface area contributed by atoms with Crippen LogP contribution in [0.3, 0.4) is 0 Å². The molecule has 1 aliphatic carbocycles. The Hall–Kier alpha value is -2.39. The van der Waals surface area contributed by atoms with Crippen molar-refractivity contribution < 1.29 is 18.0 Å². The monoisotopic (exact) mass is 591 g/mol. The summed E-state index contributed by atoms with van der Waals surface area (Å²) in [6.45, 7) is 4.11. The molecule has 0 bridgehead atoms. The van der Waals surface area contributed by atoms with E-state index in [4.69, 9.17) is 0 Å². The molecule has 1 saturated carbocycles. The fraction of sp³-hybridized carbons (Fsp3) is 0.500. The normalized spacial score (nSPS) is 15.1. The molecule has 0 aromatic heterocycles. The fourth-order valence-corrected chi connectivity index (χ4v) is 6.28. The van der Waals surface area contributed by atoms with E-state index in [1.807, 2.05) is 43.3 Å². The summed E-state index contributed by atoms with van der Waals surface area (Å²) in [4.78, 5) is 28.2. The second-order valence-corrected chi connectivity index (χ2v) is 12.7. The molecule has 0 radical (unpaired) electrons. The van der Waals surface area contributed by atoms with Gasteiger partial charge in [-0.2, -0.15) is 0 Å². The maximum absolute atomic E-state index is 13.5. The van der Waals surface area contributed by atoms with E-state index in [1.54, 1.807) is 24.0 Å². The van der Waals surface area contributed by atoms with Gasteiger partial charge in [0, 0.05) is 30.0 Å². The highest BCUT2D eigenvalue weighted by Crippen LogP contribution is 2.23. The Labute approximate surface area is 229 Å². The molecule has 0 aliphatic heterocycles. The molecule has 9 heteroatoms. The Morgan fingerprint density at radius 1 is 1.08 bits per heavy atom. The number of para-hydroxylation sites is 1. The Balaban J connectivity index is 1.72. The molecule has 2 aromatic rings. The van der Waals surface area contributed by atoms with Crippen LogP contribution in [0.4, 0.5) is 5.69 Å². The molecule has 7 nitrogen and oxygen atoms in total. The van der Waals surface area contributed by atoms with Crippen LogP contribution in [-0.2, 0) is 26.2 Å². The van der Waals surface area contributed by atoms with Gasteiger partial charge >= 0.3 is 0 Å². The van der Waals surface area contributed by atoms with Crippen molar-refractivity contribution in [1.82, 2.24) is 10.2 Å². The van der Waals surface area contributed by atoms with Crippen LogP contribution < -0.4 is 9.62 Å². The van der Waals surface area contributed by atoms with Crippen molar-refractivity contribution in [2.45, 2.75) is 77.4 Å². The number of hydrogen-bond acceptors (Lipinski definition) is 4. The van der Waals surface area contributed by atoms with E-state index in [0.717, 1.165) is 41.3 Å². The molecule has 2 amide bonds. The van der Waals surface area contributed by atoms with Crippen LogP contribution in [0.15, 0.2) is 53.0 Å². The second-order valence-electron chi connectivity index (χ2n) is 9.90. The van der Waals surface area contributed by atoms with Gasteiger partial charge in [0.1, 0.15) is 6.04 Å². The van der Waals surface area contributed by atoms with Gasteiger partial charge in [0.2, 0.25) is 21.8 Å². The number of sulfonamides is 1. The van der Waals surface area contributed by atoms with Gasteiger partial charge in [0.15, 0.2) is 0 Å². The third kappa shape index (κ3) is 8.57. The summed E-state index contributed by atoms with van der Waals surface area (Å²) in [6.07, 6.45) is 7.01. The van der Waals surface area contributed by atoms with Crippen molar-refractivity contribution in [2.24, 2.45) is 0 Å². The average molecular weight is 593 g/mol. The lowest BCUT2D eigenvalue weighted by Crippen LogP contribution is -2.50. The molecule has 1 atom stereocenters. The SMILES string of the molecule is Cc1ccccc1N(CCCC(=O)N(Cc1cccc(Br)c1)[C@H](C)C(=O)NC1CCCCC1)S(C)(=O)=O. The van der Waals surface area contributed by atoms with Crippen molar-refractivity contribution in [3.8, 4) is 0 Å². The van der Waals surface area contributed by atoms with Gasteiger partial charge in [-0.15, -0.1) is 0 Å². The van der Waals surface area contributed by atoms with Gasteiger partial charge in [0.05, 0.1) is 11.9 Å². The summed E-state index contributed by atoms with van der Waals surface area (Å²) in [5, 5.41) is 3.14. The highest BCUT2D eigenvalue weighted by atomic mass is 79.9. The van der Waals surface area contributed by atoms with Crippen molar-refractivity contribution >= 4 is 43.5 Å². The zero-order chi connectivity index (χ0) is 27.0. The Morgan fingerprint density at radius 2 is 1.78 bits per heavy atom. The summed E-state index contributed by atoms with van der Waals surface area (Å²) in [6, 6.07) is 14.5. The van der Waals surface area contributed by atoms with Crippen LogP contribution >= 0.6 is 15.9 Å². The Kier molecular flexibility index (Phi) is 10.6. The number of anilines is 1. The lowest BCUT2D eigenvalue weighted by atomic mass is 9.95. The first-order valence-corrected chi connectivity index (χ1v) is 15.6. The molecule has 2 aromatic carbocycles. The van der Waals surface area contributed by atoms with Crippen molar-refractivity contribution in [3.05, 3.63) is 64.1 Å². The lowest BCUT2D eigenvalue weighted by Gasteiger charge is -2.31. The number of aryl methyl sites for hydroxylation is 1.